The quantitative estimate of drug-likeness (QED) is 0.530. The number of primary amides is 1. The van der Waals surface area contributed by atoms with Gasteiger partial charge in [-0.15, -0.1) is 0 Å². The van der Waals surface area contributed by atoms with Gasteiger partial charge in [0.2, 0.25) is 11.9 Å². The van der Waals surface area contributed by atoms with Gasteiger partial charge in [0.1, 0.15) is 5.65 Å². The molecule has 25 heavy (non-hydrogen) atoms. The van der Waals surface area contributed by atoms with Crippen molar-refractivity contribution in [2.24, 2.45) is 5.73 Å². The monoisotopic (exact) mass is 333 g/mol. The number of benzene rings is 1. The van der Waals surface area contributed by atoms with E-state index in [1.165, 1.54) is 0 Å². The first-order chi connectivity index (χ1) is 12.1. The van der Waals surface area contributed by atoms with E-state index in [0.29, 0.717) is 23.0 Å². The number of carbonyl (C=O) groups excluding carboxylic acids is 1. The summed E-state index contributed by atoms with van der Waals surface area (Å²) in [6.07, 6.45) is 3.51. The van der Waals surface area contributed by atoms with Crippen LogP contribution in [0.3, 0.4) is 0 Å². The molecule has 0 aliphatic carbocycles. The lowest BCUT2D eigenvalue weighted by atomic mass is 10.1. The van der Waals surface area contributed by atoms with E-state index in [0.717, 1.165) is 16.9 Å². The molecule has 1 aromatic carbocycles. The zero-order valence-electron chi connectivity index (χ0n) is 13.4. The van der Waals surface area contributed by atoms with Crippen molar-refractivity contribution in [3.05, 3.63) is 60.0 Å². The van der Waals surface area contributed by atoms with Crippen LogP contribution in [0.25, 0.3) is 16.9 Å². The molecule has 0 saturated heterocycles. The minimum atomic E-state index is -0.478. The van der Waals surface area contributed by atoms with Gasteiger partial charge in [0.05, 0.1) is 5.69 Å². The fourth-order valence-electron chi connectivity index (χ4n) is 2.59. The normalized spacial score (nSPS) is 10.9. The maximum Gasteiger partial charge on any atom is 0.248 e. The molecule has 4 rings (SSSR count). The number of H-pyrrole nitrogens is 1. The average Bonchev–Trinajstić information content (AvgIpc) is 3.23. The number of hydrogen-bond acceptors (Lipinski definition) is 5. The van der Waals surface area contributed by atoms with Gasteiger partial charge in [0, 0.05) is 41.3 Å². The van der Waals surface area contributed by atoms with Crippen LogP contribution in [0.15, 0.2) is 48.8 Å². The minimum Gasteiger partial charge on any atom is -0.366 e. The number of carbonyl (C=O) groups is 1. The molecule has 0 atom stereocenters. The molecule has 8 heteroatoms. The van der Waals surface area contributed by atoms with E-state index in [2.05, 4.69) is 25.5 Å². The Bertz CT molecular complexity index is 1080. The number of amides is 1. The Labute approximate surface area is 142 Å². The maximum absolute atomic E-state index is 11.4. The molecule has 0 saturated carbocycles. The third-order valence-corrected chi connectivity index (χ3v) is 3.78. The summed E-state index contributed by atoms with van der Waals surface area (Å²) >= 11 is 0. The number of aromatic nitrogens is 5. The first-order valence-corrected chi connectivity index (χ1v) is 7.63. The Morgan fingerprint density at radius 1 is 1.28 bits per heavy atom. The van der Waals surface area contributed by atoms with Gasteiger partial charge in [0.15, 0.2) is 5.82 Å². The van der Waals surface area contributed by atoms with Crippen LogP contribution >= 0.6 is 0 Å². The number of nitrogens with zero attached hydrogens (tertiary/aromatic N) is 4. The number of imidazole rings is 1. The highest BCUT2D eigenvalue weighted by molar-refractivity contribution is 5.94. The highest BCUT2D eigenvalue weighted by atomic mass is 16.1. The molecular formula is C17H15N7O. The number of aromatic amines is 1. The smallest absolute Gasteiger partial charge is 0.248 e. The fourth-order valence-corrected chi connectivity index (χ4v) is 2.59. The number of nitrogens with one attached hydrogen (secondary N) is 2. The van der Waals surface area contributed by atoms with Crippen LogP contribution in [-0.4, -0.2) is 30.5 Å². The molecule has 124 valence electrons. The van der Waals surface area contributed by atoms with E-state index < -0.39 is 5.91 Å². The third-order valence-electron chi connectivity index (χ3n) is 3.78. The second-order valence-corrected chi connectivity index (χ2v) is 5.63. The Morgan fingerprint density at radius 2 is 2.16 bits per heavy atom. The molecule has 0 radical (unpaired) electrons. The van der Waals surface area contributed by atoms with E-state index in [1.54, 1.807) is 24.4 Å². The van der Waals surface area contributed by atoms with Gasteiger partial charge in [-0.2, -0.15) is 5.10 Å². The molecule has 0 fully saturated rings. The van der Waals surface area contributed by atoms with Crippen LogP contribution in [0.1, 0.15) is 16.1 Å². The van der Waals surface area contributed by atoms with Crippen molar-refractivity contribution in [2.75, 3.05) is 5.32 Å². The predicted molar refractivity (Wildman–Crippen MR) is 93.5 cm³/mol. The standard InChI is InChI=1S/C17H15N7O/c1-10-7-14(23-22-10)21-17-20-13(9-15-19-5-6-24(15)17)11-3-2-4-12(8-11)16(18)25/h2-9H,1H3,(H2,18,25)(H2,20,21,22,23). The summed E-state index contributed by atoms with van der Waals surface area (Å²) < 4.78 is 1.82. The van der Waals surface area contributed by atoms with Crippen LogP contribution in [0, 0.1) is 6.92 Å². The van der Waals surface area contributed by atoms with E-state index in [1.807, 2.05) is 35.7 Å². The molecule has 1 amide bonds. The third kappa shape index (κ3) is 2.80. The van der Waals surface area contributed by atoms with E-state index >= 15 is 0 Å². The van der Waals surface area contributed by atoms with Gasteiger partial charge in [-0.05, 0) is 19.1 Å². The summed E-state index contributed by atoms with van der Waals surface area (Å²) in [5.74, 6) is 0.748. The number of rotatable bonds is 4. The molecule has 3 aromatic heterocycles. The summed E-state index contributed by atoms with van der Waals surface area (Å²) in [5.41, 5.74) is 8.92. The zero-order valence-corrected chi connectivity index (χ0v) is 13.4. The summed E-state index contributed by atoms with van der Waals surface area (Å²) in [5, 5.41) is 10.2. The molecule has 0 bridgehead atoms. The van der Waals surface area contributed by atoms with Crippen LogP contribution in [-0.2, 0) is 0 Å². The van der Waals surface area contributed by atoms with Crippen LogP contribution < -0.4 is 11.1 Å². The minimum absolute atomic E-state index is 0.431. The van der Waals surface area contributed by atoms with Gasteiger partial charge < -0.3 is 11.1 Å². The maximum atomic E-state index is 11.4. The molecule has 4 N–H and O–H groups in total. The van der Waals surface area contributed by atoms with Crippen molar-refractivity contribution in [2.45, 2.75) is 6.92 Å². The SMILES string of the molecule is Cc1cc(Nc2nc(-c3cccc(C(N)=O)c3)cc3nccn23)n[nH]1. The second-order valence-electron chi connectivity index (χ2n) is 5.63. The average molecular weight is 333 g/mol. The van der Waals surface area contributed by atoms with Crippen LogP contribution in [0.4, 0.5) is 11.8 Å². The highest BCUT2D eigenvalue weighted by Crippen LogP contribution is 2.24. The highest BCUT2D eigenvalue weighted by Gasteiger charge is 2.11. The Balaban J connectivity index is 1.82. The Hall–Kier alpha value is -3.68. The molecular weight excluding hydrogens is 318 g/mol. The number of hydrogen-bond donors (Lipinski definition) is 3. The van der Waals surface area contributed by atoms with Gasteiger partial charge in [0.25, 0.3) is 0 Å². The summed E-state index contributed by atoms with van der Waals surface area (Å²) in [4.78, 5) is 20.4. The number of anilines is 2. The number of fused-ring (bicyclic) bond motifs is 1. The molecule has 0 aliphatic rings. The molecule has 3 heterocycles. The Morgan fingerprint density at radius 3 is 2.92 bits per heavy atom. The first kappa shape index (κ1) is 14.9. The fraction of sp³-hybridized carbons (Fsp3) is 0.0588. The lowest BCUT2D eigenvalue weighted by Crippen LogP contribution is -2.10. The van der Waals surface area contributed by atoms with Crippen LogP contribution in [0.2, 0.25) is 0 Å². The lowest BCUT2D eigenvalue weighted by molar-refractivity contribution is 0.100. The van der Waals surface area contributed by atoms with Crippen LogP contribution in [0.5, 0.6) is 0 Å². The molecule has 0 aliphatic heterocycles. The molecule has 0 spiro atoms. The predicted octanol–water partition coefficient (Wildman–Crippen LogP) is 2.27. The van der Waals surface area contributed by atoms with Crippen molar-refractivity contribution in [1.29, 1.82) is 0 Å². The summed E-state index contributed by atoms with van der Waals surface area (Å²) in [6, 6.07) is 10.8. The largest absolute Gasteiger partial charge is 0.366 e. The lowest BCUT2D eigenvalue weighted by Gasteiger charge is -2.09. The van der Waals surface area contributed by atoms with Crippen molar-refractivity contribution in [3.8, 4) is 11.3 Å². The Kier molecular flexibility index (Phi) is 3.42. The molecule has 0 unspecified atom stereocenters. The van der Waals surface area contributed by atoms with Gasteiger partial charge >= 0.3 is 0 Å². The van der Waals surface area contributed by atoms with Gasteiger partial charge in [-0.25, -0.2) is 9.97 Å². The van der Waals surface area contributed by atoms with Gasteiger partial charge in [-0.3, -0.25) is 14.3 Å². The second kappa shape index (κ2) is 5.75. The summed E-state index contributed by atoms with van der Waals surface area (Å²) in [7, 11) is 0. The zero-order chi connectivity index (χ0) is 17.4. The number of nitrogens with two attached hydrogens (primary N) is 1. The van der Waals surface area contributed by atoms with E-state index in [-0.39, 0.29) is 0 Å². The number of aryl methyl sites for hydroxylation is 1. The van der Waals surface area contributed by atoms with Gasteiger partial charge in [-0.1, -0.05) is 12.1 Å². The molecule has 8 nitrogen and oxygen atoms in total. The van der Waals surface area contributed by atoms with Crippen molar-refractivity contribution >= 4 is 23.3 Å². The first-order valence-electron chi connectivity index (χ1n) is 7.63. The summed E-state index contributed by atoms with van der Waals surface area (Å²) in [6.45, 7) is 1.92. The van der Waals surface area contributed by atoms with E-state index in [9.17, 15) is 4.79 Å². The van der Waals surface area contributed by atoms with Crippen molar-refractivity contribution in [1.82, 2.24) is 24.6 Å². The molecule has 4 aromatic rings. The van der Waals surface area contributed by atoms with E-state index in [4.69, 9.17) is 5.73 Å². The topological polar surface area (TPSA) is 114 Å². The van der Waals surface area contributed by atoms with Crippen molar-refractivity contribution < 1.29 is 4.79 Å². The van der Waals surface area contributed by atoms with Crippen molar-refractivity contribution in [3.63, 3.8) is 0 Å².